The van der Waals surface area contributed by atoms with Gasteiger partial charge in [-0.25, -0.2) is 0 Å². The SMILES string of the molecule is CCCCCCCCCCCCOP(=O)([O-])OCCO.[Na+]. The molecule has 0 heterocycles. The van der Waals surface area contributed by atoms with E-state index in [0.717, 1.165) is 19.3 Å². The molecule has 0 aliphatic rings. The van der Waals surface area contributed by atoms with E-state index in [-0.39, 0.29) is 49.4 Å². The van der Waals surface area contributed by atoms with E-state index in [2.05, 4.69) is 16.0 Å². The molecule has 21 heavy (non-hydrogen) atoms. The largest absolute Gasteiger partial charge is 1.00 e. The van der Waals surface area contributed by atoms with E-state index in [0.29, 0.717) is 0 Å². The van der Waals surface area contributed by atoms with Crippen LogP contribution in [0, 0.1) is 0 Å². The van der Waals surface area contributed by atoms with Crippen LogP contribution in [0.4, 0.5) is 0 Å². The zero-order chi connectivity index (χ0) is 15.1. The molecule has 0 radical (unpaired) electrons. The van der Waals surface area contributed by atoms with Gasteiger partial charge in [-0.15, -0.1) is 0 Å². The molecule has 0 rings (SSSR count). The van der Waals surface area contributed by atoms with Crippen molar-refractivity contribution >= 4 is 7.82 Å². The molecule has 1 atom stereocenters. The third kappa shape index (κ3) is 19.0. The summed E-state index contributed by atoms with van der Waals surface area (Å²) >= 11 is 0. The zero-order valence-corrected chi connectivity index (χ0v) is 16.6. The van der Waals surface area contributed by atoms with Crippen molar-refractivity contribution in [3.05, 3.63) is 0 Å². The van der Waals surface area contributed by atoms with E-state index in [1.54, 1.807) is 0 Å². The minimum atomic E-state index is -4.20. The number of aliphatic hydroxyl groups excluding tert-OH is 1. The molecule has 0 saturated carbocycles. The van der Waals surface area contributed by atoms with Gasteiger partial charge in [-0.3, -0.25) is 4.57 Å². The Morgan fingerprint density at radius 2 is 1.29 bits per heavy atom. The van der Waals surface area contributed by atoms with Crippen molar-refractivity contribution in [3.63, 3.8) is 0 Å². The molecule has 0 aromatic carbocycles. The molecule has 0 aliphatic heterocycles. The third-order valence-corrected chi connectivity index (χ3v) is 4.09. The van der Waals surface area contributed by atoms with E-state index in [1.807, 2.05) is 0 Å². The molecule has 5 nitrogen and oxygen atoms in total. The van der Waals surface area contributed by atoms with Gasteiger partial charge in [0, 0.05) is 0 Å². The topological polar surface area (TPSA) is 78.8 Å². The number of phosphoric acid groups is 1. The smallest absolute Gasteiger partial charge is 0.756 e. The Balaban J connectivity index is 0. The summed E-state index contributed by atoms with van der Waals surface area (Å²) in [6.45, 7) is 1.83. The number of hydrogen-bond acceptors (Lipinski definition) is 5. The van der Waals surface area contributed by atoms with Crippen LogP contribution < -0.4 is 34.5 Å². The minimum absolute atomic E-state index is 0. The van der Waals surface area contributed by atoms with Gasteiger partial charge in [-0.2, -0.15) is 0 Å². The Morgan fingerprint density at radius 1 is 0.857 bits per heavy atom. The average molecular weight is 332 g/mol. The van der Waals surface area contributed by atoms with Gasteiger partial charge in [-0.1, -0.05) is 64.7 Å². The summed E-state index contributed by atoms with van der Waals surface area (Å²) in [5.74, 6) is 0. The molecule has 0 fully saturated rings. The molecule has 1 N–H and O–H groups in total. The molecule has 122 valence electrons. The van der Waals surface area contributed by atoms with E-state index in [9.17, 15) is 9.46 Å². The van der Waals surface area contributed by atoms with Crippen LogP contribution >= 0.6 is 7.82 Å². The first-order valence-electron chi connectivity index (χ1n) is 7.83. The summed E-state index contributed by atoms with van der Waals surface area (Å²) in [6.07, 6.45) is 11.9. The summed E-state index contributed by atoms with van der Waals surface area (Å²) in [7, 11) is -4.20. The minimum Gasteiger partial charge on any atom is -0.756 e. The predicted octanol–water partition coefficient (Wildman–Crippen LogP) is 0.405. The number of rotatable bonds is 15. The average Bonchev–Trinajstić information content (AvgIpc) is 2.42. The Hall–Kier alpha value is 1.07. The quantitative estimate of drug-likeness (QED) is 0.267. The monoisotopic (exact) mass is 332 g/mol. The fourth-order valence-electron chi connectivity index (χ4n) is 1.96. The van der Waals surface area contributed by atoms with Crippen LogP contribution in [0.2, 0.25) is 0 Å². The second-order valence-electron chi connectivity index (χ2n) is 5.02. The summed E-state index contributed by atoms with van der Waals surface area (Å²) < 4.78 is 20.2. The van der Waals surface area contributed by atoms with Gasteiger partial charge in [0.15, 0.2) is 0 Å². The van der Waals surface area contributed by atoms with Crippen LogP contribution in [0.1, 0.15) is 71.1 Å². The molecule has 0 aromatic heterocycles. The van der Waals surface area contributed by atoms with Crippen molar-refractivity contribution < 1.29 is 53.2 Å². The fourth-order valence-corrected chi connectivity index (χ4v) is 2.69. The third-order valence-electron chi connectivity index (χ3n) is 3.09. The Morgan fingerprint density at radius 3 is 1.76 bits per heavy atom. The first-order chi connectivity index (χ1) is 9.62. The van der Waals surface area contributed by atoms with Gasteiger partial charge in [-0.05, 0) is 6.42 Å². The number of phosphoric ester groups is 1. The number of aliphatic hydroxyl groups is 1. The second kappa shape index (κ2) is 17.4. The summed E-state index contributed by atoms with van der Waals surface area (Å²) in [5, 5.41) is 8.45. The van der Waals surface area contributed by atoms with Crippen LogP contribution in [0.3, 0.4) is 0 Å². The number of unbranched alkanes of at least 4 members (excludes halogenated alkanes) is 9. The first-order valence-corrected chi connectivity index (χ1v) is 9.29. The molecule has 1 unspecified atom stereocenters. The molecule has 0 aromatic rings. The second-order valence-corrected chi connectivity index (χ2v) is 6.43. The Labute approximate surface area is 151 Å². The molecule has 0 bridgehead atoms. The van der Waals surface area contributed by atoms with Gasteiger partial charge in [0.2, 0.25) is 0 Å². The van der Waals surface area contributed by atoms with Crippen molar-refractivity contribution in [2.24, 2.45) is 0 Å². The van der Waals surface area contributed by atoms with Crippen LogP contribution in [0.5, 0.6) is 0 Å². The van der Waals surface area contributed by atoms with Crippen LogP contribution in [0.15, 0.2) is 0 Å². The Kier molecular flexibility index (Phi) is 20.2. The van der Waals surface area contributed by atoms with Gasteiger partial charge in [0.1, 0.15) is 0 Å². The van der Waals surface area contributed by atoms with Crippen LogP contribution in [-0.4, -0.2) is 24.9 Å². The summed E-state index contributed by atoms with van der Waals surface area (Å²) in [4.78, 5) is 11.1. The van der Waals surface area contributed by atoms with Gasteiger partial charge < -0.3 is 19.0 Å². The number of hydrogen-bond donors (Lipinski definition) is 1. The molecule has 0 spiro atoms. The zero-order valence-electron chi connectivity index (χ0n) is 13.7. The first kappa shape index (κ1) is 24.3. The van der Waals surface area contributed by atoms with Crippen LogP contribution in [-0.2, 0) is 13.6 Å². The maximum absolute atomic E-state index is 11.1. The summed E-state index contributed by atoms with van der Waals surface area (Å²) in [6, 6.07) is 0. The van der Waals surface area contributed by atoms with Crippen molar-refractivity contribution in [2.75, 3.05) is 19.8 Å². The van der Waals surface area contributed by atoms with Gasteiger partial charge >= 0.3 is 29.6 Å². The van der Waals surface area contributed by atoms with E-state index in [1.165, 1.54) is 44.9 Å². The molecular weight excluding hydrogens is 302 g/mol. The van der Waals surface area contributed by atoms with E-state index in [4.69, 9.17) is 5.11 Å². The maximum Gasteiger partial charge on any atom is 1.00 e. The molecule has 0 aliphatic carbocycles. The van der Waals surface area contributed by atoms with Crippen molar-refractivity contribution in [2.45, 2.75) is 71.1 Å². The predicted molar refractivity (Wildman–Crippen MR) is 78.4 cm³/mol. The Bertz CT molecular complexity index is 254. The normalized spacial score (nSPS) is 13.7. The van der Waals surface area contributed by atoms with Crippen molar-refractivity contribution in [1.82, 2.24) is 0 Å². The van der Waals surface area contributed by atoms with Crippen molar-refractivity contribution in [1.29, 1.82) is 0 Å². The summed E-state index contributed by atoms with van der Waals surface area (Å²) in [5.41, 5.74) is 0. The molecule has 0 saturated heterocycles. The van der Waals surface area contributed by atoms with Crippen LogP contribution in [0.25, 0.3) is 0 Å². The van der Waals surface area contributed by atoms with Gasteiger partial charge in [0.05, 0.1) is 19.8 Å². The molecule has 7 heteroatoms. The standard InChI is InChI=1S/C14H31O5P.Na/c1-2-3-4-5-6-7-8-9-10-11-13-18-20(16,17)19-14-12-15;/h15H,2-14H2,1H3,(H,16,17);/q;+1/p-1. The molecule has 0 amide bonds. The van der Waals surface area contributed by atoms with Gasteiger partial charge in [0.25, 0.3) is 7.82 Å². The van der Waals surface area contributed by atoms with Crippen molar-refractivity contribution in [3.8, 4) is 0 Å². The fraction of sp³-hybridized carbons (Fsp3) is 1.00. The van der Waals surface area contributed by atoms with E-state index >= 15 is 0 Å². The van der Waals surface area contributed by atoms with E-state index < -0.39 is 7.82 Å². The molecular formula is C14H30NaO5P. The maximum atomic E-state index is 11.1.